The summed E-state index contributed by atoms with van der Waals surface area (Å²) in [4.78, 5) is 3.31. The van der Waals surface area contributed by atoms with Crippen LogP contribution >= 0.6 is 15.9 Å². The van der Waals surface area contributed by atoms with Crippen LogP contribution < -0.4 is 4.74 Å². The van der Waals surface area contributed by atoms with Crippen molar-refractivity contribution in [2.24, 2.45) is 0 Å². The van der Waals surface area contributed by atoms with E-state index in [0.717, 1.165) is 15.8 Å². The molecule has 1 aromatic rings. The molecule has 3 heteroatoms. The molecule has 0 amide bonds. The number of rotatable bonds is 2. The summed E-state index contributed by atoms with van der Waals surface area (Å²) in [6.07, 6.45) is 0. The number of methoxy groups -OCH3 is 1. The number of halogens is 1. The topological polar surface area (TPSA) is 13.6 Å². The van der Waals surface area contributed by atoms with Crippen LogP contribution in [0.1, 0.15) is 5.56 Å². The Balaban J connectivity index is 3.01. The molecule has 0 fully saturated rings. The van der Waals surface area contributed by atoms with Gasteiger partial charge in [-0.05, 0) is 18.2 Å². The van der Waals surface area contributed by atoms with Crippen molar-refractivity contribution in [1.29, 1.82) is 0 Å². The zero-order chi connectivity index (χ0) is 8.97. The van der Waals surface area contributed by atoms with Crippen molar-refractivity contribution < 1.29 is 4.74 Å². The van der Waals surface area contributed by atoms with E-state index < -0.39 is 0 Å². The third-order valence-corrected chi connectivity index (χ3v) is 2.28. The second-order valence-electron chi connectivity index (χ2n) is 2.27. The number of hydrogen-bond acceptors (Lipinski definition) is 1. The van der Waals surface area contributed by atoms with Crippen LogP contribution in [0.25, 0.3) is 4.85 Å². The molecule has 0 heterocycles. The van der Waals surface area contributed by atoms with E-state index in [9.17, 15) is 0 Å². The highest BCUT2D eigenvalue weighted by Crippen LogP contribution is 2.22. The Morgan fingerprint density at radius 1 is 1.58 bits per heavy atom. The molecular formula is C9H8BrNO. The molecule has 0 aliphatic heterocycles. The molecule has 0 spiro atoms. The van der Waals surface area contributed by atoms with Crippen molar-refractivity contribution in [2.75, 3.05) is 7.11 Å². The zero-order valence-corrected chi connectivity index (χ0v) is 8.26. The lowest BCUT2D eigenvalue weighted by atomic mass is 10.2. The summed E-state index contributed by atoms with van der Waals surface area (Å²) in [6.45, 7) is 7.11. The fourth-order valence-electron chi connectivity index (χ4n) is 0.884. The fraction of sp³-hybridized carbons (Fsp3) is 0.222. The van der Waals surface area contributed by atoms with E-state index in [1.54, 1.807) is 7.11 Å². The highest BCUT2D eigenvalue weighted by Gasteiger charge is 2.03. The van der Waals surface area contributed by atoms with E-state index >= 15 is 0 Å². The van der Waals surface area contributed by atoms with Crippen molar-refractivity contribution in [3.63, 3.8) is 0 Å². The summed E-state index contributed by atoms with van der Waals surface area (Å²) in [5.41, 5.74) is 0.962. The van der Waals surface area contributed by atoms with E-state index in [1.807, 2.05) is 18.2 Å². The fourth-order valence-corrected chi connectivity index (χ4v) is 1.26. The van der Waals surface area contributed by atoms with Crippen LogP contribution in [0, 0.1) is 6.57 Å². The molecule has 62 valence electrons. The predicted octanol–water partition coefficient (Wildman–Crippen LogP) is 2.88. The maximum atomic E-state index is 6.73. The third-order valence-electron chi connectivity index (χ3n) is 1.50. The van der Waals surface area contributed by atoms with Crippen molar-refractivity contribution in [1.82, 2.24) is 0 Å². The van der Waals surface area contributed by atoms with Crippen LogP contribution in [0.3, 0.4) is 0 Å². The van der Waals surface area contributed by atoms with Gasteiger partial charge in [0.25, 0.3) is 0 Å². The Kier molecular flexibility index (Phi) is 3.12. The van der Waals surface area contributed by atoms with Gasteiger partial charge in [0, 0.05) is 10.0 Å². The van der Waals surface area contributed by atoms with Crippen molar-refractivity contribution >= 4 is 15.9 Å². The van der Waals surface area contributed by atoms with Gasteiger partial charge < -0.3 is 9.58 Å². The zero-order valence-electron chi connectivity index (χ0n) is 6.67. The average Bonchev–Trinajstić information content (AvgIpc) is 2.09. The van der Waals surface area contributed by atoms with Gasteiger partial charge in [-0.25, -0.2) is 6.57 Å². The highest BCUT2D eigenvalue weighted by atomic mass is 79.9. The summed E-state index contributed by atoms with van der Waals surface area (Å²) in [7, 11) is 1.62. The monoisotopic (exact) mass is 225 g/mol. The van der Waals surface area contributed by atoms with E-state index in [0.29, 0.717) is 6.54 Å². The van der Waals surface area contributed by atoms with E-state index in [1.165, 1.54) is 0 Å². The standard InChI is InChI=1S/C9H8BrNO/c1-11-6-7-5-8(12-2)3-4-9(7)10/h3-5H,6H2,2H3. The molecule has 1 aromatic carbocycles. The number of ether oxygens (including phenoxy) is 1. The Hall–Kier alpha value is -1.01. The minimum atomic E-state index is 0.387. The molecule has 0 aromatic heterocycles. The molecule has 0 radical (unpaired) electrons. The first-order valence-electron chi connectivity index (χ1n) is 3.43. The van der Waals surface area contributed by atoms with E-state index in [-0.39, 0.29) is 0 Å². The SMILES string of the molecule is [C-]#[N+]Cc1cc(OC)ccc1Br. The second-order valence-corrected chi connectivity index (χ2v) is 3.13. The first kappa shape index (κ1) is 9.08. The van der Waals surface area contributed by atoms with Crippen LogP contribution in [-0.4, -0.2) is 7.11 Å². The summed E-state index contributed by atoms with van der Waals surface area (Å²) < 4.78 is 5.99. The largest absolute Gasteiger partial charge is 0.497 e. The molecule has 0 bridgehead atoms. The maximum Gasteiger partial charge on any atom is 0.241 e. The van der Waals surface area contributed by atoms with E-state index in [2.05, 4.69) is 20.8 Å². The molecule has 0 unspecified atom stereocenters. The third kappa shape index (κ3) is 1.99. The van der Waals surface area contributed by atoms with Gasteiger partial charge in [-0.1, -0.05) is 15.9 Å². The smallest absolute Gasteiger partial charge is 0.241 e. The lowest BCUT2D eigenvalue weighted by molar-refractivity contribution is 0.414. The molecule has 0 saturated heterocycles. The normalized spacial score (nSPS) is 9.08. The van der Waals surface area contributed by atoms with Gasteiger partial charge in [0.15, 0.2) is 0 Å². The summed E-state index contributed by atoms with van der Waals surface area (Å²) in [5.74, 6) is 0.789. The number of benzene rings is 1. The average molecular weight is 226 g/mol. The van der Waals surface area contributed by atoms with Crippen LogP contribution in [0.15, 0.2) is 22.7 Å². The van der Waals surface area contributed by atoms with Gasteiger partial charge in [-0.3, -0.25) is 0 Å². The van der Waals surface area contributed by atoms with Crippen molar-refractivity contribution in [3.8, 4) is 5.75 Å². The van der Waals surface area contributed by atoms with Crippen molar-refractivity contribution in [3.05, 3.63) is 39.7 Å². The lowest BCUT2D eigenvalue weighted by Crippen LogP contribution is -1.86. The van der Waals surface area contributed by atoms with Gasteiger partial charge in [-0.2, -0.15) is 0 Å². The minimum Gasteiger partial charge on any atom is -0.497 e. The quantitative estimate of drug-likeness (QED) is 0.707. The Bertz CT molecular complexity index is 317. The van der Waals surface area contributed by atoms with Gasteiger partial charge in [-0.15, -0.1) is 0 Å². The molecule has 0 saturated carbocycles. The summed E-state index contributed by atoms with van der Waals surface area (Å²) in [5, 5.41) is 0. The molecular weight excluding hydrogens is 218 g/mol. The van der Waals surface area contributed by atoms with Gasteiger partial charge in [0.05, 0.1) is 7.11 Å². The molecule has 1 rings (SSSR count). The van der Waals surface area contributed by atoms with Gasteiger partial charge >= 0.3 is 0 Å². The minimum absolute atomic E-state index is 0.387. The molecule has 2 nitrogen and oxygen atoms in total. The highest BCUT2D eigenvalue weighted by molar-refractivity contribution is 9.10. The van der Waals surface area contributed by atoms with Crippen LogP contribution in [0.2, 0.25) is 0 Å². The Morgan fingerprint density at radius 2 is 2.33 bits per heavy atom. The number of nitrogens with zero attached hydrogens (tertiary/aromatic N) is 1. The summed E-state index contributed by atoms with van der Waals surface area (Å²) >= 11 is 3.36. The first-order valence-corrected chi connectivity index (χ1v) is 4.23. The molecule has 0 N–H and O–H groups in total. The lowest BCUT2D eigenvalue weighted by Gasteiger charge is -2.01. The van der Waals surface area contributed by atoms with E-state index in [4.69, 9.17) is 11.3 Å². The molecule has 0 aliphatic rings. The van der Waals surface area contributed by atoms with Crippen LogP contribution in [-0.2, 0) is 6.54 Å². The second kappa shape index (κ2) is 4.13. The first-order chi connectivity index (χ1) is 5.77. The Labute approximate surface area is 80.1 Å². The number of hydrogen-bond donors (Lipinski definition) is 0. The molecule has 0 atom stereocenters. The molecule has 0 aliphatic carbocycles. The van der Waals surface area contributed by atoms with Crippen molar-refractivity contribution in [2.45, 2.75) is 6.54 Å². The molecule has 12 heavy (non-hydrogen) atoms. The summed E-state index contributed by atoms with van der Waals surface area (Å²) in [6, 6.07) is 5.61. The predicted molar refractivity (Wildman–Crippen MR) is 51.0 cm³/mol. The maximum absolute atomic E-state index is 6.73. The van der Waals surface area contributed by atoms with Gasteiger partial charge in [0.2, 0.25) is 6.54 Å². The van der Waals surface area contributed by atoms with Crippen LogP contribution in [0.4, 0.5) is 0 Å². The Morgan fingerprint density at radius 3 is 2.92 bits per heavy atom. The van der Waals surface area contributed by atoms with Gasteiger partial charge in [0.1, 0.15) is 5.75 Å². The van der Waals surface area contributed by atoms with Crippen LogP contribution in [0.5, 0.6) is 5.75 Å².